The van der Waals surface area contributed by atoms with Gasteiger partial charge in [-0.25, -0.2) is 0 Å². The Labute approximate surface area is 147 Å². The van der Waals surface area contributed by atoms with Gasteiger partial charge in [0.15, 0.2) is 0 Å². The Morgan fingerprint density at radius 3 is 2.21 bits per heavy atom. The van der Waals surface area contributed by atoms with Gasteiger partial charge in [0.25, 0.3) is 0 Å². The Kier molecular flexibility index (Phi) is 4.88. The lowest BCUT2D eigenvalue weighted by atomic mass is 9.78. The summed E-state index contributed by atoms with van der Waals surface area (Å²) in [5.41, 5.74) is -0.132. The van der Waals surface area contributed by atoms with E-state index < -0.39 is 0 Å². The Morgan fingerprint density at radius 2 is 1.54 bits per heavy atom. The predicted molar refractivity (Wildman–Crippen MR) is 97.0 cm³/mol. The molecule has 4 heteroatoms. The van der Waals surface area contributed by atoms with E-state index in [1.807, 2.05) is 0 Å². The Balaban J connectivity index is 1.41. The summed E-state index contributed by atoms with van der Waals surface area (Å²) in [5.74, 6) is 0.477. The molecule has 136 valence electrons. The highest BCUT2D eigenvalue weighted by Crippen LogP contribution is 2.39. The van der Waals surface area contributed by atoms with Gasteiger partial charge in [0, 0.05) is 25.2 Å². The van der Waals surface area contributed by atoms with Crippen LogP contribution in [0.15, 0.2) is 0 Å². The van der Waals surface area contributed by atoms with Crippen LogP contribution < -0.4 is 0 Å². The third-order valence-electron chi connectivity index (χ3n) is 7.26. The SMILES string of the molecule is CC1CCCCN1C1CN(C(=O)C2(N3CCCC3)CCCCC2)C1. The van der Waals surface area contributed by atoms with Crippen LogP contribution in [0.4, 0.5) is 0 Å². The first-order valence-corrected chi connectivity index (χ1v) is 10.5. The smallest absolute Gasteiger partial charge is 0.243 e. The quantitative estimate of drug-likeness (QED) is 0.794. The van der Waals surface area contributed by atoms with Crippen LogP contribution in [0.1, 0.15) is 71.1 Å². The van der Waals surface area contributed by atoms with E-state index in [4.69, 9.17) is 0 Å². The number of hydrogen-bond acceptors (Lipinski definition) is 3. The van der Waals surface area contributed by atoms with Crippen LogP contribution in [0.3, 0.4) is 0 Å². The van der Waals surface area contributed by atoms with Gasteiger partial charge in [-0.2, -0.15) is 0 Å². The van der Waals surface area contributed by atoms with Gasteiger partial charge in [-0.05, 0) is 65.1 Å². The number of likely N-dealkylation sites (tertiary alicyclic amines) is 3. The monoisotopic (exact) mass is 333 g/mol. The molecule has 0 aromatic heterocycles. The number of carbonyl (C=O) groups excluding carboxylic acids is 1. The molecule has 3 heterocycles. The summed E-state index contributed by atoms with van der Waals surface area (Å²) in [5, 5.41) is 0. The van der Waals surface area contributed by atoms with Crippen molar-refractivity contribution in [3.05, 3.63) is 0 Å². The molecule has 4 nitrogen and oxygen atoms in total. The lowest BCUT2D eigenvalue weighted by molar-refractivity contribution is -0.155. The maximum atomic E-state index is 13.5. The minimum Gasteiger partial charge on any atom is -0.338 e. The van der Waals surface area contributed by atoms with E-state index >= 15 is 0 Å². The highest BCUT2D eigenvalue weighted by Gasteiger charge is 2.50. The molecule has 1 saturated carbocycles. The second kappa shape index (κ2) is 6.95. The van der Waals surface area contributed by atoms with E-state index in [-0.39, 0.29) is 5.54 Å². The van der Waals surface area contributed by atoms with E-state index in [1.165, 1.54) is 57.9 Å². The number of piperidine rings is 1. The summed E-state index contributed by atoms with van der Waals surface area (Å²) < 4.78 is 0. The van der Waals surface area contributed by atoms with Gasteiger partial charge in [-0.15, -0.1) is 0 Å². The molecule has 1 aliphatic carbocycles. The highest BCUT2D eigenvalue weighted by atomic mass is 16.2. The summed E-state index contributed by atoms with van der Waals surface area (Å²) >= 11 is 0. The minimum atomic E-state index is -0.132. The summed E-state index contributed by atoms with van der Waals surface area (Å²) in [6, 6.07) is 1.34. The lowest BCUT2D eigenvalue weighted by Crippen LogP contribution is -2.69. The number of hydrogen-bond donors (Lipinski definition) is 0. The third kappa shape index (κ3) is 2.90. The van der Waals surface area contributed by atoms with Crippen molar-refractivity contribution in [3.63, 3.8) is 0 Å². The zero-order chi connectivity index (χ0) is 16.6. The molecule has 0 bridgehead atoms. The van der Waals surface area contributed by atoms with Gasteiger partial charge < -0.3 is 4.90 Å². The fourth-order valence-electron chi connectivity index (χ4n) is 5.74. The van der Waals surface area contributed by atoms with Crippen LogP contribution in [0.25, 0.3) is 0 Å². The zero-order valence-corrected chi connectivity index (χ0v) is 15.5. The summed E-state index contributed by atoms with van der Waals surface area (Å²) in [6.07, 6.45) is 12.6. The summed E-state index contributed by atoms with van der Waals surface area (Å²) in [6.45, 7) is 7.87. The molecular weight excluding hydrogens is 298 g/mol. The standard InChI is InChI=1S/C20H35N3O/c1-17-9-3-6-14-23(17)18-15-21(16-18)19(24)20(10-4-2-5-11-20)22-12-7-8-13-22/h17-18H,2-16H2,1H3. The van der Waals surface area contributed by atoms with Crippen molar-refractivity contribution in [3.8, 4) is 0 Å². The van der Waals surface area contributed by atoms with Crippen molar-refractivity contribution < 1.29 is 4.79 Å². The van der Waals surface area contributed by atoms with Gasteiger partial charge in [-0.3, -0.25) is 14.6 Å². The van der Waals surface area contributed by atoms with Crippen molar-refractivity contribution in [1.82, 2.24) is 14.7 Å². The largest absolute Gasteiger partial charge is 0.338 e. The number of carbonyl (C=O) groups is 1. The first kappa shape index (κ1) is 16.8. The second-order valence-electron chi connectivity index (χ2n) is 8.73. The van der Waals surface area contributed by atoms with Gasteiger partial charge in [0.1, 0.15) is 5.54 Å². The van der Waals surface area contributed by atoms with Crippen LogP contribution in [0, 0.1) is 0 Å². The van der Waals surface area contributed by atoms with Crippen molar-refractivity contribution in [2.45, 2.75) is 88.8 Å². The minimum absolute atomic E-state index is 0.132. The number of nitrogens with zero attached hydrogens (tertiary/aromatic N) is 3. The second-order valence-corrected chi connectivity index (χ2v) is 8.73. The topological polar surface area (TPSA) is 26.8 Å². The predicted octanol–water partition coefficient (Wildman–Crippen LogP) is 2.87. The molecule has 1 atom stereocenters. The molecule has 1 unspecified atom stereocenters. The summed E-state index contributed by atoms with van der Waals surface area (Å²) in [7, 11) is 0. The Bertz CT molecular complexity index is 448. The number of amides is 1. The zero-order valence-electron chi connectivity index (χ0n) is 15.5. The molecule has 0 aromatic rings. The van der Waals surface area contributed by atoms with E-state index in [2.05, 4.69) is 21.6 Å². The fraction of sp³-hybridized carbons (Fsp3) is 0.950. The van der Waals surface area contributed by atoms with Gasteiger partial charge in [0.05, 0.1) is 0 Å². The van der Waals surface area contributed by atoms with Gasteiger partial charge in [-0.1, -0.05) is 25.7 Å². The molecular formula is C20H35N3O. The van der Waals surface area contributed by atoms with Crippen LogP contribution in [0.2, 0.25) is 0 Å². The first-order chi connectivity index (χ1) is 11.7. The van der Waals surface area contributed by atoms with E-state index in [9.17, 15) is 4.79 Å². The van der Waals surface area contributed by atoms with Crippen LogP contribution in [0.5, 0.6) is 0 Å². The van der Waals surface area contributed by atoms with Gasteiger partial charge in [0.2, 0.25) is 5.91 Å². The molecule has 0 N–H and O–H groups in total. The molecule has 0 spiro atoms. The molecule has 0 radical (unpaired) electrons. The normalized spacial score (nSPS) is 32.7. The molecule has 4 fully saturated rings. The van der Waals surface area contributed by atoms with Crippen LogP contribution in [-0.4, -0.2) is 71.0 Å². The average Bonchev–Trinajstić information content (AvgIpc) is 3.11. The first-order valence-electron chi connectivity index (χ1n) is 10.5. The van der Waals surface area contributed by atoms with Crippen molar-refractivity contribution in [2.75, 3.05) is 32.7 Å². The molecule has 4 rings (SSSR count). The van der Waals surface area contributed by atoms with Crippen molar-refractivity contribution in [2.24, 2.45) is 0 Å². The Morgan fingerprint density at radius 1 is 0.875 bits per heavy atom. The van der Waals surface area contributed by atoms with E-state index in [1.54, 1.807) is 0 Å². The molecule has 1 amide bonds. The van der Waals surface area contributed by atoms with E-state index in [0.29, 0.717) is 18.0 Å². The van der Waals surface area contributed by atoms with Crippen molar-refractivity contribution >= 4 is 5.91 Å². The molecule has 3 aliphatic heterocycles. The molecule has 0 aromatic carbocycles. The van der Waals surface area contributed by atoms with Crippen molar-refractivity contribution in [1.29, 1.82) is 0 Å². The molecule has 4 aliphatic rings. The number of rotatable bonds is 3. The van der Waals surface area contributed by atoms with Crippen LogP contribution >= 0.6 is 0 Å². The lowest BCUT2D eigenvalue weighted by Gasteiger charge is -2.53. The average molecular weight is 334 g/mol. The molecule has 3 saturated heterocycles. The Hall–Kier alpha value is -0.610. The fourth-order valence-corrected chi connectivity index (χ4v) is 5.74. The van der Waals surface area contributed by atoms with Crippen LogP contribution in [-0.2, 0) is 4.79 Å². The molecule has 24 heavy (non-hydrogen) atoms. The maximum Gasteiger partial charge on any atom is 0.243 e. The maximum absolute atomic E-state index is 13.5. The van der Waals surface area contributed by atoms with E-state index in [0.717, 1.165) is 39.0 Å². The van der Waals surface area contributed by atoms with Gasteiger partial charge >= 0.3 is 0 Å². The summed E-state index contributed by atoms with van der Waals surface area (Å²) in [4.78, 5) is 20.9. The third-order valence-corrected chi connectivity index (χ3v) is 7.26. The highest BCUT2D eigenvalue weighted by molar-refractivity contribution is 5.87.